The van der Waals surface area contributed by atoms with Crippen molar-refractivity contribution in [2.75, 3.05) is 12.4 Å². The normalized spacial score (nSPS) is 10.3. The molecule has 7 heteroatoms. The fourth-order valence-corrected chi connectivity index (χ4v) is 2.19. The van der Waals surface area contributed by atoms with Crippen LogP contribution in [0.4, 0.5) is 5.13 Å². The van der Waals surface area contributed by atoms with Crippen LogP contribution in [-0.4, -0.2) is 22.6 Å². The number of aromatic nitrogens is 2. The van der Waals surface area contributed by atoms with Crippen LogP contribution in [0.15, 0.2) is 23.3 Å². The van der Waals surface area contributed by atoms with E-state index in [1.165, 1.54) is 35.3 Å². The van der Waals surface area contributed by atoms with Crippen LogP contribution >= 0.6 is 11.3 Å². The molecule has 1 N–H and O–H groups in total. The number of pyridine rings is 1. The number of nitrogens with zero attached hydrogens (tertiary/aromatic N) is 2. The Morgan fingerprint density at radius 1 is 1.53 bits per heavy atom. The van der Waals surface area contributed by atoms with Crippen LogP contribution in [0.2, 0.25) is 0 Å². The number of anilines is 1. The van der Waals surface area contributed by atoms with E-state index in [1.54, 1.807) is 13.2 Å². The van der Waals surface area contributed by atoms with Crippen molar-refractivity contribution in [3.05, 3.63) is 39.3 Å². The lowest BCUT2D eigenvalue weighted by molar-refractivity contribution is 0.102. The quantitative estimate of drug-likeness (QED) is 0.922. The number of thiazole rings is 1. The van der Waals surface area contributed by atoms with Crippen LogP contribution in [0.25, 0.3) is 0 Å². The summed E-state index contributed by atoms with van der Waals surface area (Å²) in [5.74, 6) is -0.115. The van der Waals surface area contributed by atoms with Crippen molar-refractivity contribution < 1.29 is 9.53 Å². The van der Waals surface area contributed by atoms with Crippen molar-refractivity contribution in [3.8, 4) is 5.75 Å². The third kappa shape index (κ3) is 2.82. The lowest BCUT2D eigenvalue weighted by atomic mass is 10.2. The predicted octanol–water partition coefficient (Wildman–Crippen LogP) is 1.41. The van der Waals surface area contributed by atoms with Gasteiger partial charge < -0.3 is 9.30 Å². The van der Waals surface area contributed by atoms with Gasteiger partial charge in [-0.25, -0.2) is 4.98 Å². The number of amides is 1. The van der Waals surface area contributed by atoms with Gasteiger partial charge in [-0.2, -0.15) is 0 Å². The van der Waals surface area contributed by atoms with Crippen molar-refractivity contribution in [2.45, 2.75) is 6.92 Å². The smallest absolute Gasteiger partial charge is 0.262 e. The summed E-state index contributed by atoms with van der Waals surface area (Å²) in [7, 11) is 2.99. The number of aryl methyl sites for hydroxylation is 2. The van der Waals surface area contributed by atoms with Gasteiger partial charge in [0.25, 0.3) is 11.5 Å². The summed E-state index contributed by atoms with van der Waals surface area (Å²) in [5, 5.41) is 3.19. The number of rotatable bonds is 3. The Bertz CT molecular complexity index is 675. The van der Waals surface area contributed by atoms with E-state index >= 15 is 0 Å². The van der Waals surface area contributed by atoms with E-state index in [4.69, 9.17) is 4.74 Å². The molecule has 0 spiro atoms. The van der Waals surface area contributed by atoms with Crippen molar-refractivity contribution >= 4 is 22.4 Å². The zero-order chi connectivity index (χ0) is 14.0. The Kier molecular flexibility index (Phi) is 3.66. The molecule has 0 aliphatic carbocycles. The molecule has 2 aromatic heterocycles. The van der Waals surface area contributed by atoms with Crippen LogP contribution in [-0.2, 0) is 7.05 Å². The van der Waals surface area contributed by atoms with Crippen LogP contribution in [0, 0.1) is 6.92 Å². The third-order valence-corrected chi connectivity index (χ3v) is 3.32. The van der Waals surface area contributed by atoms with E-state index in [0.717, 1.165) is 4.88 Å². The number of carbonyl (C=O) groups excluding carboxylic acids is 1. The third-order valence-electron chi connectivity index (χ3n) is 2.50. The van der Waals surface area contributed by atoms with E-state index in [9.17, 15) is 9.59 Å². The highest BCUT2D eigenvalue weighted by Gasteiger charge is 2.15. The Morgan fingerprint density at radius 2 is 2.26 bits per heavy atom. The lowest BCUT2D eigenvalue weighted by Crippen LogP contribution is -2.21. The molecule has 2 aromatic rings. The first-order valence-electron chi connectivity index (χ1n) is 5.49. The molecular weight excluding hydrogens is 266 g/mol. The highest BCUT2D eigenvalue weighted by molar-refractivity contribution is 7.15. The van der Waals surface area contributed by atoms with E-state index in [2.05, 4.69) is 10.3 Å². The molecule has 0 saturated heterocycles. The number of ether oxygens (including phenoxy) is 1. The van der Waals surface area contributed by atoms with Gasteiger partial charge in [-0.3, -0.25) is 14.9 Å². The Morgan fingerprint density at radius 3 is 2.84 bits per heavy atom. The summed E-state index contributed by atoms with van der Waals surface area (Å²) in [4.78, 5) is 28.7. The standard InChI is InChI=1S/C12H13N3O3S/c1-7-5-13-12(19-7)14-11(17)8-6-15(2)10(16)4-9(8)18-3/h4-6H,1-3H3,(H,13,14,17). The fraction of sp³-hybridized carbons (Fsp3) is 0.250. The molecule has 0 aliphatic heterocycles. The van der Waals surface area contributed by atoms with Crippen molar-refractivity contribution in [3.63, 3.8) is 0 Å². The minimum absolute atomic E-state index is 0.238. The number of methoxy groups -OCH3 is 1. The van der Waals surface area contributed by atoms with Gasteiger partial charge in [0.1, 0.15) is 5.75 Å². The fourth-order valence-electron chi connectivity index (χ4n) is 1.53. The second kappa shape index (κ2) is 5.23. The number of carbonyl (C=O) groups is 1. The highest BCUT2D eigenvalue weighted by Crippen LogP contribution is 2.20. The second-order valence-corrected chi connectivity index (χ2v) is 5.17. The average Bonchev–Trinajstić information content (AvgIpc) is 2.77. The summed E-state index contributed by atoms with van der Waals surface area (Å²) in [6.07, 6.45) is 3.12. The van der Waals surface area contributed by atoms with E-state index in [-0.39, 0.29) is 22.8 Å². The Balaban J connectivity index is 2.33. The largest absolute Gasteiger partial charge is 0.496 e. The van der Waals surface area contributed by atoms with Crippen LogP contribution in [0.3, 0.4) is 0 Å². The first-order chi connectivity index (χ1) is 9.01. The van der Waals surface area contributed by atoms with Gasteiger partial charge in [0, 0.05) is 30.4 Å². The molecule has 100 valence electrons. The Hall–Kier alpha value is -2.15. The van der Waals surface area contributed by atoms with Gasteiger partial charge in [0.05, 0.1) is 12.7 Å². The predicted molar refractivity (Wildman–Crippen MR) is 73.0 cm³/mol. The molecule has 0 radical (unpaired) electrons. The molecule has 0 aliphatic rings. The van der Waals surface area contributed by atoms with Gasteiger partial charge in [-0.05, 0) is 6.92 Å². The van der Waals surface area contributed by atoms with Gasteiger partial charge in [0.15, 0.2) is 5.13 Å². The lowest BCUT2D eigenvalue weighted by Gasteiger charge is -2.09. The van der Waals surface area contributed by atoms with Crippen molar-refractivity contribution in [1.82, 2.24) is 9.55 Å². The maximum Gasteiger partial charge on any atom is 0.262 e. The number of hydrogen-bond donors (Lipinski definition) is 1. The molecule has 0 atom stereocenters. The Labute approximate surface area is 113 Å². The molecule has 1 amide bonds. The van der Waals surface area contributed by atoms with Crippen LogP contribution < -0.4 is 15.6 Å². The summed E-state index contributed by atoms with van der Waals surface area (Å²) in [6.45, 7) is 1.90. The van der Waals surface area contributed by atoms with Gasteiger partial charge in [-0.15, -0.1) is 11.3 Å². The van der Waals surface area contributed by atoms with Crippen molar-refractivity contribution in [2.24, 2.45) is 7.05 Å². The maximum absolute atomic E-state index is 12.1. The average molecular weight is 279 g/mol. The molecule has 0 unspecified atom stereocenters. The highest BCUT2D eigenvalue weighted by atomic mass is 32.1. The second-order valence-electron chi connectivity index (χ2n) is 3.93. The van der Waals surface area contributed by atoms with E-state index < -0.39 is 0 Å². The SMILES string of the molecule is COc1cc(=O)n(C)cc1C(=O)Nc1ncc(C)s1. The number of nitrogens with one attached hydrogen (secondary N) is 1. The molecule has 2 heterocycles. The summed E-state index contributed by atoms with van der Waals surface area (Å²) < 4.78 is 6.38. The summed E-state index contributed by atoms with van der Waals surface area (Å²) in [6, 6.07) is 1.28. The minimum Gasteiger partial charge on any atom is -0.496 e. The van der Waals surface area contributed by atoms with E-state index in [0.29, 0.717) is 5.13 Å². The summed E-state index contributed by atoms with van der Waals surface area (Å²) in [5.41, 5.74) is 0.0518. The first-order valence-corrected chi connectivity index (χ1v) is 6.31. The molecular formula is C12H13N3O3S. The topological polar surface area (TPSA) is 73.2 Å². The number of hydrogen-bond acceptors (Lipinski definition) is 5. The monoisotopic (exact) mass is 279 g/mol. The first kappa shape index (κ1) is 13.3. The molecule has 0 aromatic carbocycles. The van der Waals surface area contributed by atoms with Gasteiger partial charge in [0.2, 0.25) is 0 Å². The minimum atomic E-state index is -0.359. The van der Waals surface area contributed by atoms with Crippen molar-refractivity contribution in [1.29, 1.82) is 0 Å². The molecule has 0 fully saturated rings. The zero-order valence-electron chi connectivity index (χ0n) is 10.8. The maximum atomic E-state index is 12.1. The molecule has 0 bridgehead atoms. The summed E-state index contributed by atoms with van der Waals surface area (Å²) >= 11 is 1.38. The van der Waals surface area contributed by atoms with Gasteiger partial charge >= 0.3 is 0 Å². The van der Waals surface area contributed by atoms with Gasteiger partial charge in [-0.1, -0.05) is 0 Å². The molecule has 0 saturated carbocycles. The molecule has 2 rings (SSSR count). The van der Waals surface area contributed by atoms with E-state index in [1.807, 2.05) is 6.92 Å². The van der Waals surface area contributed by atoms with Crippen LogP contribution in [0.1, 0.15) is 15.2 Å². The van der Waals surface area contributed by atoms with Crippen LogP contribution in [0.5, 0.6) is 5.75 Å². The zero-order valence-corrected chi connectivity index (χ0v) is 11.6. The molecule has 6 nitrogen and oxygen atoms in total. The molecule has 19 heavy (non-hydrogen) atoms.